The number of halogens is 1. The molecule has 0 heterocycles. The van der Waals surface area contributed by atoms with Crippen molar-refractivity contribution in [2.24, 2.45) is 0 Å². The van der Waals surface area contributed by atoms with Crippen LogP contribution in [0.3, 0.4) is 0 Å². The molecule has 1 aliphatic carbocycles. The van der Waals surface area contributed by atoms with Crippen molar-refractivity contribution in [3.8, 4) is 5.75 Å². The van der Waals surface area contributed by atoms with Gasteiger partial charge in [0.15, 0.2) is 0 Å². The number of rotatable bonds is 5. The lowest BCUT2D eigenvalue weighted by atomic mass is 9.89. The first-order valence-corrected chi connectivity index (χ1v) is 7.16. The van der Waals surface area contributed by atoms with Crippen molar-refractivity contribution in [1.82, 2.24) is 0 Å². The second-order valence-corrected chi connectivity index (χ2v) is 5.41. The third-order valence-corrected chi connectivity index (χ3v) is 4.18. The minimum atomic E-state index is -0.638. The van der Waals surface area contributed by atoms with Crippen molar-refractivity contribution in [3.05, 3.63) is 28.8 Å². The van der Waals surface area contributed by atoms with Crippen molar-refractivity contribution in [2.75, 3.05) is 13.7 Å². The average molecular weight is 285 g/mol. The molecule has 0 aliphatic heterocycles. The lowest BCUT2D eigenvalue weighted by Crippen LogP contribution is -2.36. The molecule has 0 radical (unpaired) electrons. The number of ether oxygens (including phenoxy) is 2. The molecule has 0 spiro atoms. The van der Waals surface area contributed by atoms with Gasteiger partial charge in [0, 0.05) is 6.61 Å². The normalized spacial score (nSPS) is 19.4. The Balaban J connectivity index is 2.28. The Bertz CT molecular complexity index is 427. The van der Waals surface area contributed by atoms with Gasteiger partial charge in [-0.15, -0.1) is 0 Å². The highest BCUT2D eigenvalue weighted by atomic mass is 35.5. The monoisotopic (exact) mass is 284 g/mol. The lowest BCUT2D eigenvalue weighted by molar-refractivity contribution is -0.118. The molecule has 0 amide bonds. The fourth-order valence-corrected chi connectivity index (χ4v) is 3.10. The van der Waals surface area contributed by atoms with Crippen molar-refractivity contribution >= 4 is 11.6 Å². The molecule has 1 aliphatic rings. The molecule has 1 aromatic carbocycles. The largest absolute Gasteiger partial charge is 0.495 e. The van der Waals surface area contributed by atoms with Crippen LogP contribution < -0.4 is 4.74 Å². The van der Waals surface area contributed by atoms with Gasteiger partial charge in [-0.2, -0.15) is 0 Å². The molecular formula is C15H21ClO3. The van der Waals surface area contributed by atoms with Crippen LogP contribution >= 0.6 is 11.6 Å². The summed E-state index contributed by atoms with van der Waals surface area (Å²) in [6, 6.07) is 5.40. The number of aliphatic hydroxyl groups excluding tert-OH is 1. The van der Waals surface area contributed by atoms with E-state index >= 15 is 0 Å². The average Bonchev–Trinajstić information content (AvgIpc) is 2.89. The zero-order valence-corrected chi connectivity index (χ0v) is 12.2. The highest BCUT2D eigenvalue weighted by molar-refractivity contribution is 6.32. The van der Waals surface area contributed by atoms with Crippen LogP contribution in [0.4, 0.5) is 0 Å². The van der Waals surface area contributed by atoms with Crippen LogP contribution in [0.25, 0.3) is 0 Å². The zero-order chi connectivity index (χ0) is 13.9. The number of methoxy groups -OCH3 is 1. The molecule has 4 heteroatoms. The molecular weight excluding hydrogens is 264 g/mol. The SMILES string of the molecule is CCOC1(C(O)c2ccc(Cl)c(OC)c2)CCCC1. The maximum atomic E-state index is 10.7. The predicted octanol–water partition coefficient (Wildman–Crippen LogP) is 3.73. The first-order valence-electron chi connectivity index (χ1n) is 6.78. The molecule has 3 nitrogen and oxygen atoms in total. The van der Waals surface area contributed by atoms with E-state index in [9.17, 15) is 5.11 Å². The Morgan fingerprint density at radius 2 is 2.05 bits per heavy atom. The Morgan fingerprint density at radius 1 is 1.37 bits per heavy atom. The van der Waals surface area contributed by atoms with E-state index in [1.165, 1.54) is 0 Å². The second kappa shape index (κ2) is 6.12. The quantitative estimate of drug-likeness (QED) is 0.895. The summed E-state index contributed by atoms with van der Waals surface area (Å²) in [5.41, 5.74) is 0.352. The highest BCUT2D eigenvalue weighted by Gasteiger charge is 2.42. The van der Waals surface area contributed by atoms with E-state index in [4.69, 9.17) is 21.1 Å². The van der Waals surface area contributed by atoms with Crippen molar-refractivity contribution in [3.63, 3.8) is 0 Å². The maximum absolute atomic E-state index is 10.7. The van der Waals surface area contributed by atoms with Crippen LogP contribution in [0.1, 0.15) is 44.3 Å². The standard InChI is InChI=1S/C15H21ClO3/c1-3-19-15(8-4-5-9-15)14(17)11-6-7-12(16)13(10-11)18-2/h6-7,10,14,17H,3-5,8-9H2,1-2H3. The van der Waals surface area contributed by atoms with E-state index in [-0.39, 0.29) is 0 Å². The summed E-state index contributed by atoms with van der Waals surface area (Å²) in [7, 11) is 1.57. The minimum Gasteiger partial charge on any atom is -0.495 e. The molecule has 1 unspecified atom stereocenters. The van der Waals surface area contributed by atoms with Gasteiger partial charge in [0.25, 0.3) is 0 Å². The van der Waals surface area contributed by atoms with Gasteiger partial charge < -0.3 is 14.6 Å². The van der Waals surface area contributed by atoms with Crippen LogP contribution in [0.5, 0.6) is 5.75 Å². The van der Waals surface area contributed by atoms with Crippen LogP contribution in [0.15, 0.2) is 18.2 Å². The lowest BCUT2D eigenvalue weighted by Gasteiger charge is -2.34. The van der Waals surface area contributed by atoms with Crippen molar-refractivity contribution in [2.45, 2.75) is 44.3 Å². The molecule has 1 saturated carbocycles. The summed E-state index contributed by atoms with van der Waals surface area (Å²) in [4.78, 5) is 0. The Morgan fingerprint density at radius 3 is 2.63 bits per heavy atom. The van der Waals surface area contributed by atoms with Gasteiger partial charge in [-0.3, -0.25) is 0 Å². The maximum Gasteiger partial charge on any atom is 0.137 e. The molecule has 0 aromatic heterocycles. The van der Waals surface area contributed by atoms with Crippen molar-refractivity contribution < 1.29 is 14.6 Å². The van der Waals surface area contributed by atoms with Gasteiger partial charge >= 0.3 is 0 Å². The highest BCUT2D eigenvalue weighted by Crippen LogP contribution is 2.44. The molecule has 0 saturated heterocycles. The zero-order valence-electron chi connectivity index (χ0n) is 11.5. The first-order chi connectivity index (χ1) is 9.13. The molecule has 0 bridgehead atoms. The summed E-state index contributed by atoms with van der Waals surface area (Å²) in [6.07, 6.45) is 3.35. The van der Waals surface area contributed by atoms with Gasteiger partial charge in [0.2, 0.25) is 0 Å². The molecule has 1 fully saturated rings. The van der Waals surface area contributed by atoms with Gasteiger partial charge in [0.1, 0.15) is 11.9 Å². The molecule has 2 rings (SSSR count). The number of aliphatic hydroxyl groups is 1. The fraction of sp³-hybridized carbons (Fsp3) is 0.600. The number of hydrogen-bond acceptors (Lipinski definition) is 3. The van der Waals surface area contributed by atoms with Gasteiger partial charge in [-0.25, -0.2) is 0 Å². The van der Waals surface area contributed by atoms with Crippen molar-refractivity contribution in [1.29, 1.82) is 0 Å². The van der Waals surface area contributed by atoms with E-state index in [0.717, 1.165) is 31.2 Å². The molecule has 1 N–H and O–H groups in total. The molecule has 106 valence electrons. The summed E-state index contributed by atoms with van der Waals surface area (Å²) in [6.45, 7) is 2.58. The molecule has 19 heavy (non-hydrogen) atoms. The van der Waals surface area contributed by atoms with Crippen LogP contribution in [-0.4, -0.2) is 24.4 Å². The smallest absolute Gasteiger partial charge is 0.137 e. The van der Waals surface area contributed by atoms with E-state index in [1.54, 1.807) is 19.2 Å². The Kier molecular flexibility index (Phi) is 4.71. The predicted molar refractivity (Wildman–Crippen MR) is 75.8 cm³/mol. The third kappa shape index (κ3) is 2.88. The number of benzene rings is 1. The number of hydrogen-bond donors (Lipinski definition) is 1. The topological polar surface area (TPSA) is 38.7 Å². The molecule has 1 aromatic rings. The van der Waals surface area contributed by atoms with E-state index < -0.39 is 11.7 Å². The summed E-state index contributed by atoms with van der Waals surface area (Å²) in [5, 5.41) is 11.2. The van der Waals surface area contributed by atoms with Gasteiger partial charge in [-0.05, 0) is 37.5 Å². The second-order valence-electron chi connectivity index (χ2n) is 5.00. The molecule has 1 atom stereocenters. The van der Waals surface area contributed by atoms with Gasteiger partial charge in [0.05, 0.1) is 17.7 Å². The van der Waals surface area contributed by atoms with E-state index in [1.807, 2.05) is 13.0 Å². The first kappa shape index (κ1) is 14.6. The van der Waals surface area contributed by atoms with Crippen LogP contribution in [0, 0.1) is 0 Å². The van der Waals surface area contributed by atoms with Gasteiger partial charge in [-0.1, -0.05) is 30.5 Å². The van der Waals surface area contributed by atoms with Crippen LogP contribution in [0.2, 0.25) is 5.02 Å². The Hall–Kier alpha value is -0.770. The summed E-state index contributed by atoms with van der Waals surface area (Å²) in [5.74, 6) is 0.586. The fourth-order valence-electron chi connectivity index (χ4n) is 2.91. The van der Waals surface area contributed by atoms with E-state index in [2.05, 4.69) is 0 Å². The summed E-state index contributed by atoms with van der Waals surface area (Å²) < 4.78 is 11.1. The Labute approximate surface area is 119 Å². The van der Waals surface area contributed by atoms with E-state index in [0.29, 0.717) is 17.4 Å². The summed E-state index contributed by atoms with van der Waals surface area (Å²) >= 11 is 6.02. The minimum absolute atomic E-state index is 0.451. The third-order valence-electron chi connectivity index (χ3n) is 3.87. The van der Waals surface area contributed by atoms with Crippen LogP contribution in [-0.2, 0) is 4.74 Å².